The number of rotatable bonds is 6. The second kappa shape index (κ2) is 7.29. The van der Waals surface area contributed by atoms with E-state index in [4.69, 9.17) is 4.74 Å². The Balaban J connectivity index is 2.03. The molecule has 0 spiro atoms. The molecular formula is C16H24N2O2. The molecular weight excluding hydrogens is 252 g/mol. The van der Waals surface area contributed by atoms with E-state index in [1.807, 2.05) is 29.2 Å². The standard InChI is InChI=1S/C16H24N2O2/c1-3-10-17-13(2)8-11-18-14-6-4-5-7-15(14)20-12-9-16(18)19/h4-7,13,17H,3,8-12H2,1-2H3. The maximum atomic E-state index is 12.2. The molecule has 1 aromatic carbocycles. The molecule has 0 fully saturated rings. The SMILES string of the molecule is CCCNC(C)CCN1C(=O)CCOc2ccccc21. The smallest absolute Gasteiger partial charge is 0.230 e. The van der Waals surface area contributed by atoms with E-state index >= 15 is 0 Å². The van der Waals surface area contributed by atoms with E-state index in [2.05, 4.69) is 19.2 Å². The fraction of sp³-hybridized carbons (Fsp3) is 0.562. The largest absolute Gasteiger partial charge is 0.491 e. The number of ether oxygens (including phenoxy) is 1. The van der Waals surface area contributed by atoms with Crippen molar-refractivity contribution < 1.29 is 9.53 Å². The summed E-state index contributed by atoms with van der Waals surface area (Å²) in [6.45, 7) is 6.55. The Kier molecular flexibility index (Phi) is 5.41. The highest BCUT2D eigenvalue weighted by atomic mass is 16.5. The first-order valence-electron chi connectivity index (χ1n) is 7.48. The van der Waals surface area contributed by atoms with Crippen LogP contribution in [0, 0.1) is 0 Å². The van der Waals surface area contributed by atoms with Crippen molar-refractivity contribution in [2.75, 3.05) is 24.6 Å². The molecule has 2 rings (SSSR count). The van der Waals surface area contributed by atoms with E-state index in [1.54, 1.807) is 0 Å². The van der Waals surface area contributed by atoms with Crippen molar-refractivity contribution in [3.8, 4) is 5.75 Å². The number of hydrogen-bond donors (Lipinski definition) is 1. The lowest BCUT2D eigenvalue weighted by molar-refractivity contribution is -0.118. The summed E-state index contributed by atoms with van der Waals surface area (Å²) >= 11 is 0. The summed E-state index contributed by atoms with van der Waals surface area (Å²) in [6.07, 6.45) is 2.52. The topological polar surface area (TPSA) is 41.6 Å². The minimum absolute atomic E-state index is 0.151. The summed E-state index contributed by atoms with van der Waals surface area (Å²) in [5, 5.41) is 3.46. The second-order valence-corrected chi connectivity index (χ2v) is 5.26. The molecule has 0 bridgehead atoms. The predicted octanol–water partition coefficient (Wildman–Crippen LogP) is 2.58. The third-order valence-electron chi connectivity index (χ3n) is 3.56. The molecule has 1 amide bonds. The van der Waals surface area contributed by atoms with Crippen molar-refractivity contribution in [3.05, 3.63) is 24.3 Å². The Morgan fingerprint density at radius 3 is 3.00 bits per heavy atom. The van der Waals surface area contributed by atoms with Gasteiger partial charge in [0.2, 0.25) is 5.91 Å². The number of nitrogens with one attached hydrogen (secondary N) is 1. The molecule has 0 saturated carbocycles. The summed E-state index contributed by atoms with van der Waals surface area (Å²) in [7, 11) is 0. The van der Waals surface area contributed by atoms with Crippen LogP contribution < -0.4 is 15.0 Å². The molecule has 4 nitrogen and oxygen atoms in total. The van der Waals surface area contributed by atoms with Gasteiger partial charge < -0.3 is 15.0 Å². The molecule has 0 aromatic heterocycles. The van der Waals surface area contributed by atoms with Gasteiger partial charge in [0.1, 0.15) is 5.75 Å². The third kappa shape index (κ3) is 3.73. The Hall–Kier alpha value is -1.55. The van der Waals surface area contributed by atoms with Gasteiger partial charge in [0.15, 0.2) is 0 Å². The molecule has 1 atom stereocenters. The average Bonchev–Trinajstić information content (AvgIpc) is 2.61. The molecule has 0 radical (unpaired) electrons. The van der Waals surface area contributed by atoms with Crippen LogP contribution in [-0.4, -0.2) is 31.6 Å². The van der Waals surface area contributed by atoms with E-state index in [0.717, 1.165) is 37.4 Å². The van der Waals surface area contributed by atoms with Crippen molar-refractivity contribution in [1.29, 1.82) is 0 Å². The molecule has 1 aliphatic heterocycles. The summed E-state index contributed by atoms with van der Waals surface area (Å²) in [5.41, 5.74) is 0.901. The van der Waals surface area contributed by atoms with Gasteiger partial charge in [-0.2, -0.15) is 0 Å². The van der Waals surface area contributed by atoms with Gasteiger partial charge in [-0.1, -0.05) is 19.1 Å². The number of para-hydroxylation sites is 2. The monoisotopic (exact) mass is 276 g/mol. The summed E-state index contributed by atoms with van der Waals surface area (Å²) in [5.74, 6) is 0.963. The zero-order valence-corrected chi connectivity index (χ0v) is 12.4. The van der Waals surface area contributed by atoms with E-state index < -0.39 is 0 Å². The zero-order valence-electron chi connectivity index (χ0n) is 12.4. The fourth-order valence-corrected chi connectivity index (χ4v) is 2.38. The van der Waals surface area contributed by atoms with Gasteiger partial charge in [0.05, 0.1) is 18.7 Å². The van der Waals surface area contributed by atoms with Crippen molar-refractivity contribution >= 4 is 11.6 Å². The van der Waals surface area contributed by atoms with Crippen LogP contribution in [0.3, 0.4) is 0 Å². The number of fused-ring (bicyclic) bond motifs is 1. The van der Waals surface area contributed by atoms with Crippen LogP contribution in [0.1, 0.15) is 33.1 Å². The maximum absolute atomic E-state index is 12.2. The molecule has 1 aromatic rings. The predicted molar refractivity (Wildman–Crippen MR) is 81.3 cm³/mol. The first-order valence-corrected chi connectivity index (χ1v) is 7.48. The van der Waals surface area contributed by atoms with Gasteiger partial charge in [0.25, 0.3) is 0 Å². The van der Waals surface area contributed by atoms with Crippen molar-refractivity contribution in [2.24, 2.45) is 0 Å². The average molecular weight is 276 g/mol. The molecule has 1 heterocycles. The van der Waals surface area contributed by atoms with Crippen LogP contribution in [0.4, 0.5) is 5.69 Å². The number of carbonyl (C=O) groups is 1. The Labute approximate surface area is 121 Å². The number of amides is 1. The number of anilines is 1. The lowest BCUT2D eigenvalue weighted by Gasteiger charge is -2.24. The molecule has 20 heavy (non-hydrogen) atoms. The highest BCUT2D eigenvalue weighted by molar-refractivity contribution is 5.95. The second-order valence-electron chi connectivity index (χ2n) is 5.26. The molecule has 1 unspecified atom stereocenters. The molecule has 0 saturated heterocycles. The van der Waals surface area contributed by atoms with Crippen LogP contribution in [0.15, 0.2) is 24.3 Å². The van der Waals surface area contributed by atoms with Crippen LogP contribution in [0.25, 0.3) is 0 Å². The van der Waals surface area contributed by atoms with Crippen LogP contribution >= 0.6 is 0 Å². The molecule has 110 valence electrons. The van der Waals surface area contributed by atoms with Gasteiger partial charge in [-0.3, -0.25) is 4.79 Å². The molecule has 1 N–H and O–H groups in total. The fourth-order valence-electron chi connectivity index (χ4n) is 2.38. The summed E-state index contributed by atoms with van der Waals surface area (Å²) in [4.78, 5) is 14.1. The van der Waals surface area contributed by atoms with Gasteiger partial charge in [0, 0.05) is 12.6 Å². The molecule has 0 aliphatic carbocycles. The quantitative estimate of drug-likeness (QED) is 0.868. The molecule has 4 heteroatoms. The summed E-state index contributed by atoms with van der Waals surface area (Å²) < 4.78 is 5.64. The Morgan fingerprint density at radius 2 is 2.20 bits per heavy atom. The highest BCUT2D eigenvalue weighted by Gasteiger charge is 2.22. The van der Waals surface area contributed by atoms with Crippen molar-refractivity contribution in [3.63, 3.8) is 0 Å². The number of carbonyl (C=O) groups excluding carboxylic acids is 1. The van der Waals surface area contributed by atoms with Crippen LogP contribution in [0.2, 0.25) is 0 Å². The van der Waals surface area contributed by atoms with Crippen LogP contribution in [0.5, 0.6) is 5.75 Å². The lowest BCUT2D eigenvalue weighted by atomic mass is 10.2. The van der Waals surface area contributed by atoms with E-state index in [9.17, 15) is 4.79 Å². The highest BCUT2D eigenvalue weighted by Crippen LogP contribution is 2.31. The maximum Gasteiger partial charge on any atom is 0.230 e. The number of nitrogens with zero attached hydrogens (tertiary/aromatic N) is 1. The molecule has 1 aliphatic rings. The summed E-state index contributed by atoms with van der Waals surface area (Å²) in [6, 6.07) is 8.20. The number of benzene rings is 1. The lowest BCUT2D eigenvalue weighted by Crippen LogP contribution is -2.36. The first-order chi connectivity index (χ1) is 9.72. The van der Waals surface area contributed by atoms with E-state index in [-0.39, 0.29) is 5.91 Å². The van der Waals surface area contributed by atoms with Crippen molar-refractivity contribution in [2.45, 2.75) is 39.2 Å². The minimum Gasteiger partial charge on any atom is -0.491 e. The van der Waals surface area contributed by atoms with Crippen molar-refractivity contribution in [1.82, 2.24) is 5.32 Å². The third-order valence-corrected chi connectivity index (χ3v) is 3.56. The van der Waals surface area contributed by atoms with Gasteiger partial charge in [-0.05, 0) is 38.4 Å². The van der Waals surface area contributed by atoms with Gasteiger partial charge >= 0.3 is 0 Å². The van der Waals surface area contributed by atoms with E-state index in [1.165, 1.54) is 0 Å². The zero-order chi connectivity index (χ0) is 14.4. The Bertz CT molecular complexity index is 448. The normalized spacial score (nSPS) is 16.3. The van der Waals surface area contributed by atoms with Gasteiger partial charge in [-0.15, -0.1) is 0 Å². The first kappa shape index (κ1) is 14.9. The van der Waals surface area contributed by atoms with E-state index in [0.29, 0.717) is 19.1 Å². The number of hydrogen-bond acceptors (Lipinski definition) is 3. The van der Waals surface area contributed by atoms with Gasteiger partial charge in [-0.25, -0.2) is 0 Å². The van der Waals surface area contributed by atoms with Crippen LogP contribution in [-0.2, 0) is 4.79 Å². The minimum atomic E-state index is 0.151. The Morgan fingerprint density at radius 1 is 1.40 bits per heavy atom.